The lowest BCUT2D eigenvalue weighted by Crippen LogP contribution is -2.51. The van der Waals surface area contributed by atoms with Crippen molar-refractivity contribution < 1.29 is 27.1 Å². The highest BCUT2D eigenvalue weighted by Gasteiger charge is 2.30. The minimum absolute atomic E-state index is 0.0329. The molecule has 0 spiro atoms. The molecule has 0 saturated carbocycles. The minimum Gasteiger partial charge on any atom is -0.497 e. The summed E-state index contributed by atoms with van der Waals surface area (Å²) in [5.74, 6) is -0.926. The maximum absolute atomic E-state index is 13.6. The van der Waals surface area contributed by atoms with Crippen LogP contribution in [0.4, 0.5) is 10.1 Å². The van der Waals surface area contributed by atoms with Crippen LogP contribution in [0.1, 0.15) is 26.3 Å². The van der Waals surface area contributed by atoms with E-state index in [9.17, 15) is 22.4 Å². The number of nitrogens with one attached hydrogen (secondary N) is 1. The summed E-state index contributed by atoms with van der Waals surface area (Å²) in [5, 5.41) is 2.53. The number of halogens is 2. The number of ether oxygens (including phenoxy) is 1. The lowest BCUT2D eigenvalue weighted by molar-refractivity contribution is -0.139. The van der Waals surface area contributed by atoms with Gasteiger partial charge in [-0.3, -0.25) is 13.9 Å². The van der Waals surface area contributed by atoms with E-state index in [0.29, 0.717) is 17.9 Å². The summed E-state index contributed by atoms with van der Waals surface area (Å²) in [6.07, 6.45) is 0.933. The lowest BCUT2D eigenvalue weighted by atomic mass is 10.1. The van der Waals surface area contributed by atoms with Gasteiger partial charge in [0.15, 0.2) is 0 Å². The molecule has 2 rings (SSSR count). The van der Waals surface area contributed by atoms with Crippen molar-refractivity contribution >= 4 is 39.1 Å². The third-order valence-electron chi connectivity index (χ3n) is 5.21. The molecule has 8 nitrogen and oxygen atoms in total. The van der Waals surface area contributed by atoms with Crippen LogP contribution < -0.4 is 14.4 Å². The fourth-order valence-electron chi connectivity index (χ4n) is 3.26. The van der Waals surface area contributed by atoms with Crippen LogP contribution in [0, 0.1) is 11.7 Å². The highest BCUT2D eigenvalue weighted by molar-refractivity contribution is 7.92. The summed E-state index contributed by atoms with van der Waals surface area (Å²) in [4.78, 5) is 27.6. The average Bonchev–Trinajstić information content (AvgIpc) is 2.80. The number of anilines is 1. The van der Waals surface area contributed by atoms with Crippen molar-refractivity contribution in [1.29, 1.82) is 0 Å². The second-order valence-corrected chi connectivity index (χ2v) is 10.9. The molecular formula is C24H31ClFN3O5S. The Labute approximate surface area is 211 Å². The van der Waals surface area contributed by atoms with Crippen LogP contribution in [-0.4, -0.2) is 57.6 Å². The van der Waals surface area contributed by atoms with Crippen molar-refractivity contribution in [1.82, 2.24) is 10.2 Å². The maximum Gasteiger partial charge on any atom is 0.244 e. The molecule has 0 fully saturated rings. The Kier molecular flexibility index (Phi) is 9.91. The summed E-state index contributed by atoms with van der Waals surface area (Å²) >= 11 is 5.84. The van der Waals surface area contributed by atoms with E-state index in [-0.39, 0.29) is 29.1 Å². The fourth-order valence-corrected chi connectivity index (χ4v) is 4.27. The molecule has 2 aromatic rings. The quantitative estimate of drug-likeness (QED) is 0.483. The second-order valence-electron chi connectivity index (χ2n) is 8.56. The molecule has 0 aliphatic carbocycles. The van der Waals surface area contributed by atoms with Crippen molar-refractivity contribution in [3.8, 4) is 5.75 Å². The molecule has 0 radical (unpaired) electrons. The van der Waals surface area contributed by atoms with E-state index in [2.05, 4.69) is 5.32 Å². The second kappa shape index (κ2) is 12.2. The van der Waals surface area contributed by atoms with Crippen molar-refractivity contribution in [2.75, 3.05) is 30.8 Å². The van der Waals surface area contributed by atoms with Crippen molar-refractivity contribution in [2.24, 2.45) is 5.92 Å². The fraction of sp³-hybridized carbons (Fsp3) is 0.417. The van der Waals surface area contributed by atoms with Crippen molar-refractivity contribution in [3.63, 3.8) is 0 Å². The Morgan fingerprint density at radius 2 is 1.83 bits per heavy atom. The molecule has 1 atom stereocenters. The Morgan fingerprint density at radius 1 is 1.14 bits per heavy atom. The van der Waals surface area contributed by atoms with Gasteiger partial charge in [-0.2, -0.15) is 0 Å². The molecule has 0 aliphatic heterocycles. The first-order valence-corrected chi connectivity index (χ1v) is 13.2. The van der Waals surface area contributed by atoms with Gasteiger partial charge in [0.25, 0.3) is 0 Å². The molecule has 0 bridgehead atoms. The molecule has 2 aromatic carbocycles. The summed E-state index contributed by atoms with van der Waals surface area (Å²) in [7, 11) is -2.43. The first-order chi connectivity index (χ1) is 16.3. The molecule has 11 heteroatoms. The number of hydrogen-bond donors (Lipinski definition) is 1. The third-order valence-corrected chi connectivity index (χ3v) is 6.64. The summed E-state index contributed by atoms with van der Waals surface area (Å²) < 4.78 is 44.8. The van der Waals surface area contributed by atoms with E-state index in [1.807, 2.05) is 13.8 Å². The number of rotatable bonds is 11. The van der Waals surface area contributed by atoms with E-state index >= 15 is 0 Å². The van der Waals surface area contributed by atoms with Crippen LogP contribution in [0.25, 0.3) is 0 Å². The summed E-state index contributed by atoms with van der Waals surface area (Å²) in [6.45, 7) is 5.33. The van der Waals surface area contributed by atoms with E-state index in [1.165, 1.54) is 18.1 Å². The zero-order valence-corrected chi connectivity index (χ0v) is 22.0. The normalized spacial score (nSPS) is 12.2. The maximum atomic E-state index is 13.6. The minimum atomic E-state index is -3.94. The molecule has 0 unspecified atom stereocenters. The van der Waals surface area contributed by atoms with Crippen molar-refractivity contribution in [3.05, 3.63) is 58.9 Å². The first-order valence-electron chi connectivity index (χ1n) is 11.0. The Morgan fingerprint density at radius 3 is 2.40 bits per heavy atom. The number of sulfonamides is 1. The van der Waals surface area contributed by atoms with E-state index in [1.54, 1.807) is 31.2 Å². The summed E-state index contributed by atoms with van der Waals surface area (Å²) in [6, 6.07) is 9.49. The van der Waals surface area contributed by atoms with Crippen LogP contribution in [0.15, 0.2) is 42.5 Å². The van der Waals surface area contributed by atoms with Gasteiger partial charge in [0, 0.05) is 13.1 Å². The number of methoxy groups -OCH3 is 1. The highest BCUT2D eigenvalue weighted by Crippen LogP contribution is 2.25. The molecule has 0 heterocycles. The third kappa shape index (κ3) is 8.10. The van der Waals surface area contributed by atoms with Gasteiger partial charge in [-0.05, 0) is 48.7 Å². The van der Waals surface area contributed by atoms with Gasteiger partial charge in [-0.15, -0.1) is 0 Å². The molecule has 0 aliphatic rings. The lowest BCUT2D eigenvalue weighted by Gasteiger charge is -2.31. The monoisotopic (exact) mass is 527 g/mol. The molecule has 1 N–H and O–H groups in total. The topological polar surface area (TPSA) is 96.0 Å². The van der Waals surface area contributed by atoms with E-state index in [0.717, 1.165) is 22.7 Å². The number of hydrogen-bond acceptors (Lipinski definition) is 5. The predicted molar refractivity (Wildman–Crippen MR) is 134 cm³/mol. The summed E-state index contributed by atoms with van der Waals surface area (Å²) in [5.41, 5.74) is 0.724. The Hall–Kier alpha value is -2.85. The van der Waals surface area contributed by atoms with Gasteiger partial charge in [-0.1, -0.05) is 37.6 Å². The molecule has 0 saturated heterocycles. The number of benzene rings is 2. The van der Waals surface area contributed by atoms with Crippen LogP contribution in [-0.2, 0) is 26.2 Å². The molecule has 2 amide bonds. The predicted octanol–water partition coefficient (Wildman–Crippen LogP) is 3.44. The average molecular weight is 528 g/mol. The Bertz CT molecular complexity index is 1160. The van der Waals surface area contributed by atoms with E-state index in [4.69, 9.17) is 16.3 Å². The van der Waals surface area contributed by atoms with E-state index < -0.39 is 34.3 Å². The number of carbonyl (C=O) groups excluding carboxylic acids is 2. The largest absolute Gasteiger partial charge is 0.497 e. The number of amides is 2. The van der Waals surface area contributed by atoms with Gasteiger partial charge in [0.2, 0.25) is 21.8 Å². The highest BCUT2D eigenvalue weighted by atomic mass is 35.5. The van der Waals surface area contributed by atoms with Crippen LogP contribution >= 0.6 is 11.6 Å². The molecular weight excluding hydrogens is 497 g/mol. The zero-order valence-electron chi connectivity index (χ0n) is 20.4. The number of nitrogens with zero attached hydrogens (tertiary/aromatic N) is 2. The van der Waals surface area contributed by atoms with Gasteiger partial charge < -0.3 is 15.0 Å². The standard InChI is InChI=1S/C24H31ClFN3O5S/c1-16(2)13-27-24(31)17(3)28(14-18-7-6-8-20(11-18)34-4)23(30)15-29(35(5,32)33)19-9-10-22(26)21(25)12-19/h6-12,16-17H,13-15H2,1-5H3,(H,27,31)/t17-/m1/s1. The Balaban J connectivity index is 2.40. The van der Waals surface area contributed by atoms with Gasteiger partial charge in [0.05, 0.1) is 24.1 Å². The van der Waals surface area contributed by atoms with Gasteiger partial charge in [-0.25, -0.2) is 12.8 Å². The SMILES string of the molecule is COc1cccc(CN(C(=O)CN(c2ccc(F)c(Cl)c2)S(C)(=O)=O)[C@H](C)C(=O)NCC(C)C)c1. The van der Waals surface area contributed by atoms with Crippen molar-refractivity contribution in [2.45, 2.75) is 33.4 Å². The zero-order chi connectivity index (χ0) is 26.3. The molecule has 35 heavy (non-hydrogen) atoms. The molecule has 0 aromatic heterocycles. The van der Waals surface area contributed by atoms with Crippen LogP contribution in [0.3, 0.4) is 0 Å². The van der Waals surface area contributed by atoms with Crippen LogP contribution in [0.2, 0.25) is 5.02 Å². The first kappa shape index (κ1) is 28.4. The number of carbonyl (C=O) groups is 2. The van der Waals surface area contributed by atoms with Gasteiger partial charge in [0.1, 0.15) is 24.2 Å². The smallest absolute Gasteiger partial charge is 0.244 e. The molecule has 192 valence electrons. The van der Waals surface area contributed by atoms with Gasteiger partial charge >= 0.3 is 0 Å². The van der Waals surface area contributed by atoms with Crippen LogP contribution in [0.5, 0.6) is 5.75 Å².